The van der Waals surface area contributed by atoms with Gasteiger partial charge < -0.3 is 14.7 Å². The van der Waals surface area contributed by atoms with Gasteiger partial charge in [0.15, 0.2) is 0 Å². The number of thiophene rings is 1. The van der Waals surface area contributed by atoms with E-state index in [0.29, 0.717) is 0 Å². The second kappa shape index (κ2) is 17.4. The summed E-state index contributed by atoms with van der Waals surface area (Å²) in [4.78, 5) is 8.19. The topological polar surface area (TPSA) is 9.72 Å². The zero-order valence-corrected chi connectivity index (χ0v) is 49.5. The van der Waals surface area contributed by atoms with Gasteiger partial charge in [-0.3, -0.25) is 0 Å². The molecule has 0 fully saturated rings. The van der Waals surface area contributed by atoms with Crippen molar-refractivity contribution in [2.75, 3.05) is 14.7 Å². The van der Waals surface area contributed by atoms with Crippen LogP contribution in [0.4, 0.5) is 39.8 Å². The Morgan fingerprint density at radius 1 is 0.605 bits per heavy atom. The fourth-order valence-corrected chi connectivity index (χ4v) is 15.5. The molecule has 2 atom stereocenters. The monoisotopic (exact) mass is 1020 g/mol. The molecule has 2 aliphatic heterocycles. The first kappa shape index (κ1) is 51.0. The SMILES string of the molecule is Cc1cc2c(cc1[C@H](C)N1c3cc4c(cc3B3c5sc6ccc(C(C)(C)C)cc6c5N(c5ccc(C(C)(C)C)cc5)c5cc(N(c6ccccc6)C6C=CC=CC6)cc1c53)C(C)(C)CCC4(C)C)C(C)(C)CCC2(C)C. The number of hydrogen-bond donors (Lipinski definition) is 0. The maximum atomic E-state index is 2.85. The zero-order chi connectivity index (χ0) is 53.8. The van der Waals surface area contributed by atoms with Gasteiger partial charge in [0.25, 0.3) is 6.71 Å². The van der Waals surface area contributed by atoms with Crippen LogP contribution in [0.1, 0.15) is 187 Å². The number of aryl methyl sites for hydroxylation is 1. The van der Waals surface area contributed by atoms with Gasteiger partial charge in [0, 0.05) is 49.0 Å². The lowest BCUT2D eigenvalue weighted by Gasteiger charge is -2.49. The third-order valence-electron chi connectivity index (χ3n) is 19.2. The summed E-state index contributed by atoms with van der Waals surface area (Å²) >= 11 is 2.03. The highest BCUT2D eigenvalue weighted by Crippen LogP contribution is 2.55. The van der Waals surface area contributed by atoms with Gasteiger partial charge in [-0.2, -0.15) is 0 Å². The Kier molecular flexibility index (Phi) is 11.7. The van der Waals surface area contributed by atoms with Crippen molar-refractivity contribution in [3.05, 3.63) is 178 Å². The Bertz CT molecular complexity index is 3530. The molecule has 3 heterocycles. The van der Waals surface area contributed by atoms with E-state index in [4.69, 9.17) is 0 Å². The van der Waals surface area contributed by atoms with E-state index >= 15 is 0 Å². The molecule has 76 heavy (non-hydrogen) atoms. The molecular weight excluding hydrogens is 938 g/mol. The molecule has 7 aromatic rings. The first-order valence-electron chi connectivity index (χ1n) is 28.7. The molecule has 3 aliphatic carbocycles. The molecule has 1 unspecified atom stereocenters. The molecule has 0 bridgehead atoms. The molecular formula is C71H82BN3S. The lowest BCUT2D eigenvalue weighted by atomic mass is 9.35. The van der Waals surface area contributed by atoms with Gasteiger partial charge in [-0.05, 0) is 188 Å². The number of benzene rings is 6. The molecule has 3 nitrogen and oxygen atoms in total. The van der Waals surface area contributed by atoms with Gasteiger partial charge in [-0.1, -0.05) is 176 Å². The van der Waals surface area contributed by atoms with E-state index in [1.807, 2.05) is 11.3 Å². The van der Waals surface area contributed by atoms with Crippen LogP contribution < -0.4 is 30.4 Å². The van der Waals surface area contributed by atoms with E-state index in [-0.39, 0.29) is 51.3 Å². The van der Waals surface area contributed by atoms with Crippen LogP contribution in [0.3, 0.4) is 0 Å². The van der Waals surface area contributed by atoms with Crippen LogP contribution in [0.5, 0.6) is 0 Å². The van der Waals surface area contributed by atoms with Crippen molar-refractivity contribution in [2.45, 2.75) is 187 Å². The summed E-state index contributed by atoms with van der Waals surface area (Å²) < 4.78 is 2.79. The standard InChI is InChI=1S/C71H82BN3S/c1-44-37-54-55(69(11,12)34-33-68(54,9)10)41-52(44)45(2)73-59-43-57-56(70(13,14)35-36-71(57,15)16)42-58(59)72-63-60(73)39-51(74(48-23-19-17-20-24-48)49-25-21-18-22-26-49)40-61(63)75(50-30-27-46(28-31-50)66(3,4)5)64-53-38-47(67(6,7)8)29-32-62(53)76-65(64)72/h17-25,27-32,37-43,45,49H,26,33-36H2,1-16H3/t45-,49?/m0/s1. The molecule has 5 heteroatoms. The van der Waals surface area contributed by atoms with Crippen molar-refractivity contribution in [1.82, 2.24) is 0 Å². The van der Waals surface area contributed by atoms with Gasteiger partial charge in [0.1, 0.15) is 0 Å². The van der Waals surface area contributed by atoms with E-state index in [9.17, 15) is 0 Å². The van der Waals surface area contributed by atoms with Crippen molar-refractivity contribution in [3.63, 3.8) is 0 Å². The first-order valence-corrected chi connectivity index (χ1v) is 29.5. The van der Waals surface area contributed by atoms with Crippen LogP contribution in [0.25, 0.3) is 10.1 Å². The number of para-hydroxylation sites is 1. The average Bonchev–Trinajstić information content (AvgIpc) is 3.87. The lowest BCUT2D eigenvalue weighted by Crippen LogP contribution is -2.61. The van der Waals surface area contributed by atoms with E-state index in [0.717, 1.165) is 6.42 Å². The number of anilines is 7. The molecule has 0 saturated heterocycles. The van der Waals surface area contributed by atoms with Crippen LogP contribution in [-0.2, 0) is 32.5 Å². The number of nitrogens with zero attached hydrogens (tertiary/aromatic N) is 3. The normalized spacial score (nSPS) is 19.9. The third-order valence-corrected chi connectivity index (χ3v) is 20.4. The van der Waals surface area contributed by atoms with Gasteiger partial charge in [0.2, 0.25) is 0 Å². The summed E-state index contributed by atoms with van der Waals surface area (Å²) in [7, 11) is 0. The zero-order valence-electron chi connectivity index (χ0n) is 48.7. The van der Waals surface area contributed by atoms with Crippen molar-refractivity contribution < 1.29 is 0 Å². The van der Waals surface area contributed by atoms with Crippen molar-refractivity contribution in [2.24, 2.45) is 0 Å². The summed E-state index contributed by atoms with van der Waals surface area (Å²) in [6.07, 6.45) is 14.9. The van der Waals surface area contributed by atoms with Gasteiger partial charge >= 0.3 is 0 Å². The molecule has 5 aliphatic rings. The summed E-state index contributed by atoms with van der Waals surface area (Å²) in [5.74, 6) is 0. The van der Waals surface area contributed by atoms with E-state index in [1.165, 1.54) is 136 Å². The maximum Gasteiger partial charge on any atom is 0.264 e. The second-order valence-corrected chi connectivity index (χ2v) is 29.4. The first-order chi connectivity index (χ1) is 35.7. The fraction of sp³-hybridized carbons (Fsp3) is 0.408. The Labute approximate surface area is 461 Å². The molecule has 1 aromatic heterocycles. The number of rotatable bonds is 6. The van der Waals surface area contributed by atoms with E-state index < -0.39 is 0 Å². The Morgan fingerprint density at radius 2 is 1.18 bits per heavy atom. The van der Waals surface area contributed by atoms with E-state index in [2.05, 4.69) is 259 Å². The number of allylic oxidation sites excluding steroid dienone is 2. The highest BCUT2D eigenvalue weighted by Gasteiger charge is 2.49. The number of hydrogen-bond acceptors (Lipinski definition) is 4. The highest BCUT2D eigenvalue weighted by molar-refractivity contribution is 7.33. The smallest absolute Gasteiger partial charge is 0.264 e. The quantitative estimate of drug-likeness (QED) is 0.154. The minimum atomic E-state index is -0.0153. The van der Waals surface area contributed by atoms with Crippen LogP contribution in [0.2, 0.25) is 0 Å². The molecule has 0 N–H and O–H groups in total. The molecule has 390 valence electrons. The Morgan fingerprint density at radius 3 is 1.79 bits per heavy atom. The average molecular weight is 1020 g/mol. The Hall–Kier alpha value is -5.78. The van der Waals surface area contributed by atoms with Gasteiger partial charge in [-0.15, -0.1) is 11.3 Å². The molecule has 0 radical (unpaired) electrons. The second-order valence-electron chi connectivity index (χ2n) is 28.4. The molecule has 0 spiro atoms. The van der Waals surface area contributed by atoms with Crippen LogP contribution in [0.15, 0.2) is 133 Å². The van der Waals surface area contributed by atoms with Crippen LogP contribution in [0, 0.1) is 6.92 Å². The summed E-state index contributed by atoms with van der Waals surface area (Å²) in [6, 6.07) is 44.3. The highest BCUT2D eigenvalue weighted by atomic mass is 32.1. The third kappa shape index (κ3) is 8.09. The van der Waals surface area contributed by atoms with Gasteiger partial charge in [0.05, 0.1) is 17.8 Å². The predicted molar refractivity (Wildman–Crippen MR) is 333 cm³/mol. The molecule has 6 aromatic carbocycles. The molecule has 0 saturated carbocycles. The summed E-state index contributed by atoms with van der Waals surface area (Å²) in [6.45, 7) is 39.0. The van der Waals surface area contributed by atoms with Crippen molar-refractivity contribution >= 4 is 83.6 Å². The summed E-state index contributed by atoms with van der Waals surface area (Å²) in [5, 5.41) is 1.34. The fourth-order valence-electron chi connectivity index (χ4n) is 14.2. The van der Waals surface area contributed by atoms with Crippen molar-refractivity contribution in [3.8, 4) is 0 Å². The molecule has 0 amide bonds. The Balaban J connectivity index is 1.23. The summed E-state index contributed by atoms with van der Waals surface area (Å²) in [5.41, 5.74) is 23.6. The van der Waals surface area contributed by atoms with Gasteiger partial charge in [-0.25, -0.2) is 0 Å². The largest absolute Gasteiger partial charge is 0.335 e. The minimum Gasteiger partial charge on any atom is -0.335 e. The minimum absolute atomic E-state index is 0.0153. The number of fused-ring (bicyclic) bond motifs is 8. The molecule has 12 rings (SSSR count). The van der Waals surface area contributed by atoms with Crippen molar-refractivity contribution in [1.29, 1.82) is 0 Å². The predicted octanol–water partition coefficient (Wildman–Crippen LogP) is 18.0. The van der Waals surface area contributed by atoms with Crippen LogP contribution >= 0.6 is 11.3 Å². The maximum absolute atomic E-state index is 2.85. The van der Waals surface area contributed by atoms with Crippen LogP contribution in [-0.4, -0.2) is 12.8 Å². The van der Waals surface area contributed by atoms with E-state index in [1.54, 1.807) is 0 Å². The lowest BCUT2D eigenvalue weighted by molar-refractivity contribution is 0.331.